The Kier molecular flexibility index (Phi) is 5.25. The van der Waals surface area contributed by atoms with E-state index >= 15 is 0 Å². The number of H-pyrrole nitrogens is 1. The lowest BCUT2D eigenvalue weighted by molar-refractivity contribution is -0.119. The lowest BCUT2D eigenvalue weighted by Crippen LogP contribution is -2.40. The van der Waals surface area contributed by atoms with Gasteiger partial charge in [-0.3, -0.25) is 9.59 Å². The SMILES string of the molecule is O=C1c2ccccc2CN1CC(=O)N(Cc1cnc[nH]1)c1cccc(-c2ccccc2)c1. The van der Waals surface area contributed by atoms with Crippen LogP contribution < -0.4 is 4.90 Å². The number of hydrogen-bond donors (Lipinski definition) is 1. The average Bonchev–Trinajstić information content (AvgIpc) is 3.46. The van der Waals surface area contributed by atoms with E-state index in [9.17, 15) is 9.59 Å². The van der Waals surface area contributed by atoms with Crippen molar-refractivity contribution >= 4 is 17.5 Å². The molecule has 32 heavy (non-hydrogen) atoms. The van der Waals surface area contributed by atoms with E-state index in [1.165, 1.54) is 0 Å². The van der Waals surface area contributed by atoms with E-state index in [-0.39, 0.29) is 18.4 Å². The second-order valence-corrected chi connectivity index (χ2v) is 7.79. The fourth-order valence-electron chi connectivity index (χ4n) is 4.04. The molecule has 6 nitrogen and oxygen atoms in total. The van der Waals surface area contributed by atoms with Gasteiger partial charge in [0.15, 0.2) is 0 Å². The molecule has 2 amide bonds. The Hall–Kier alpha value is -4.19. The number of nitrogens with one attached hydrogen (secondary N) is 1. The Bertz CT molecular complexity index is 1250. The van der Waals surface area contributed by atoms with Crippen molar-refractivity contribution in [2.45, 2.75) is 13.1 Å². The first-order valence-corrected chi connectivity index (χ1v) is 10.5. The number of imidazole rings is 1. The summed E-state index contributed by atoms with van der Waals surface area (Å²) in [7, 11) is 0. The molecular weight excluding hydrogens is 400 g/mol. The standard InChI is InChI=1S/C26H22N4O2/c31-25(17-29-15-21-9-4-5-12-24(21)26(29)32)30(16-22-14-27-18-28-22)23-11-6-10-20(13-23)19-7-2-1-3-8-19/h1-14,18H,15-17H2,(H,27,28). The van der Waals surface area contributed by atoms with Crippen LogP contribution in [0.2, 0.25) is 0 Å². The summed E-state index contributed by atoms with van der Waals surface area (Å²) in [6.45, 7) is 0.798. The summed E-state index contributed by atoms with van der Waals surface area (Å²) in [6, 6.07) is 25.5. The molecule has 0 aliphatic carbocycles. The molecule has 6 heteroatoms. The molecule has 0 radical (unpaired) electrons. The van der Waals surface area contributed by atoms with Gasteiger partial charge in [-0.1, -0.05) is 60.7 Å². The molecule has 1 aromatic heterocycles. The number of hydrogen-bond acceptors (Lipinski definition) is 3. The number of fused-ring (bicyclic) bond motifs is 1. The highest BCUT2D eigenvalue weighted by molar-refractivity contribution is 6.03. The van der Waals surface area contributed by atoms with Crippen molar-refractivity contribution < 1.29 is 9.59 Å². The number of nitrogens with zero attached hydrogens (tertiary/aromatic N) is 3. The zero-order valence-electron chi connectivity index (χ0n) is 17.4. The van der Waals surface area contributed by atoms with E-state index < -0.39 is 0 Å². The second-order valence-electron chi connectivity index (χ2n) is 7.79. The second kappa shape index (κ2) is 8.51. The molecule has 4 aromatic rings. The Morgan fingerprint density at radius 1 is 0.969 bits per heavy atom. The maximum Gasteiger partial charge on any atom is 0.254 e. The maximum absolute atomic E-state index is 13.5. The highest BCUT2D eigenvalue weighted by Crippen LogP contribution is 2.27. The molecule has 0 saturated carbocycles. The van der Waals surface area contributed by atoms with Crippen molar-refractivity contribution in [1.82, 2.24) is 14.9 Å². The van der Waals surface area contributed by atoms with Crippen molar-refractivity contribution in [1.29, 1.82) is 0 Å². The molecule has 3 aromatic carbocycles. The lowest BCUT2D eigenvalue weighted by atomic mass is 10.0. The van der Waals surface area contributed by atoms with Crippen LogP contribution in [0.1, 0.15) is 21.6 Å². The fraction of sp³-hybridized carbons (Fsp3) is 0.115. The zero-order valence-corrected chi connectivity index (χ0v) is 17.4. The Morgan fingerprint density at radius 2 is 1.75 bits per heavy atom. The fourth-order valence-corrected chi connectivity index (χ4v) is 4.04. The van der Waals surface area contributed by atoms with Crippen LogP contribution in [-0.2, 0) is 17.9 Å². The Morgan fingerprint density at radius 3 is 2.53 bits per heavy atom. The van der Waals surface area contributed by atoms with Crippen molar-refractivity contribution in [2.75, 3.05) is 11.4 Å². The van der Waals surface area contributed by atoms with Crippen LogP contribution in [0.3, 0.4) is 0 Å². The number of anilines is 1. The summed E-state index contributed by atoms with van der Waals surface area (Å²) in [5.74, 6) is -0.251. The molecule has 0 fully saturated rings. The van der Waals surface area contributed by atoms with E-state index in [0.29, 0.717) is 18.7 Å². The molecule has 1 N–H and O–H groups in total. The number of carbonyl (C=O) groups excluding carboxylic acids is 2. The largest absolute Gasteiger partial charge is 0.347 e. The number of aromatic nitrogens is 2. The van der Waals surface area contributed by atoms with Crippen LogP contribution >= 0.6 is 0 Å². The molecule has 0 bridgehead atoms. The first-order valence-electron chi connectivity index (χ1n) is 10.5. The van der Waals surface area contributed by atoms with Gasteiger partial charge in [0.25, 0.3) is 5.91 Å². The predicted molar refractivity (Wildman–Crippen MR) is 123 cm³/mol. The molecule has 0 unspecified atom stereocenters. The Balaban J connectivity index is 1.43. The van der Waals surface area contributed by atoms with Gasteiger partial charge >= 0.3 is 0 Å². The normalized spacial score (nSPS) is 12.6. The van der Waals surface area contributed by atoms with Crippen LogP contribution in [-0.4, -0.2) is 33.2 Å². The minimum Gasteiger partial charge on any atom is -0.347 e. The van der Waals surface area contributed by atoms with Gasteiger partial charge in [-0.15, -0.1) is 0 Å². The molecule has 158 valence electrons. The molecule has 0 spiro atoms. The van der Waals surface area contributed by atoms with Crippen molar-refractivity contribution in [2.24, 2.45) is 0 Å². The van der Waals surface area contributed by atoms with Gasteiger partial charge in [-0.25, -0.2) is 4.98 Å². The third-order valence-electron chi connectivity index (χ3n) is 5.67. The highest BCUT2D eigenvalue weighted by Gasteiger charge is 2.30. The quantitative estimate of drug-likeness (QED) is 0.505. The third-order valence-corrected chi connectivity index (χ3v) is 5.67. The Labute approximate surface area is 186 Å². The van der Waals surface area contributed by atoms with Gasteiger partial charge in [0, 0.05) is 24.0 Å². The van der Waals surface area contributed by atoms with Crippen molar-refractivity contribution in [3.8, 4) is 11.1 Å². The van der Waals surface area contributed by atoms with Crippen LogP contribution in [0.5, 0.6) is 0 Å². The topological polar surface area (TPSA) is 69.3 Å². The summed E-state index contributed by atoms with van der Waals surface area (Å²) in [4.78, 5) is 36.7. The average molecular weight is 422 g/mol. The minimum atomic E-state index is -0.147. The van der Waals surface area contributed by atoms with Crippen LogP contribution in [0, 0.1) is 0 Å². The highest BCUT2D eigenvalue weighted by atomic mass is 16.2. The number of benzene rings is 3. The van der Waals surface area contributed by atoms with Gasteiger partial charge < -0.3 is 14.8 Å². The van der Waals surface area contributed by atoms with Gasteiger partial charge in [0.05, 0.1) is 18.6 Å². The third kappa shape index (κ3) is 3.90. The molecule has 0 atom stereocenters. The molecular formula is C26H22N4O2. The zero-order chi connectivity index (χ0) is 21.9. The summed E-state index contributed by atoms with van der Waals surface area (Å²) in [6.07, 6.45) is 3.30. The van der Waals surface area contributed by atoms with E-state index in [0.717, 1.165) is 28.1 Å². The summed E-state index contributed by atoms with van der Waals surface area (Å²) in [5, 5.41) is 0. The van der Waals surface area contributed by atoms with E-state index in [1.54, 1.807) is 22.3 Å². The van der Waals surface area contributed by atoms with E-state index in [4.69, 9.17) is 0 Å². The summed E-state index contributed by atoms with van der Waals surface area (Å²) < 4.78 is 0. The van der Waals surface area contributed by atoms with Gasteiger partial charge in [-0.2, -0.15) is 0 Å². The van der Waals surface area contributed by atoms with Gasteiger partial charge in [-0.05, 0) is 34.9 Å². The van der Waals surface area contributed by atoms with Crippen LogP contribution in [0.4, 0.5) is 5.69 Å². The number of amides is 2. The first kappa shape index (κ1) is 19.8. The van der Waals surface area contributed by atoms with Crippen molar-refractivity contribution in [3.63, 3.8) is 0 Å². The molecule has 5 rings (SSSR count). The molecule has 1 aliphatic rings. The van der Waals surface area contributed by atoms with E-state index in [2.05, 4.69) is 9.97 Å². The summed E-state index contributed by atoms with van der Waals surface area (Å²) in [5.41, 5.74) is 5.32. The van der Waals surface area contributed by atoms with Crippen molar-refractivity contribution in [3.05, 3.63) is 108 Å². The lowest BCUT2D eigenvalue weighted by Gasteiger charge is -2.25. The monoisotopic (exact) mass is 422 g/mol. The van der Waals surface area contributed by atoms with Gasteiger partial charge in [0.1, 0.15) is 6.54 Å². The predicted octanol–water partition coefficient (Wildman–Crippen LogP) is 4.27. The molecule has 2 heterocycles. The summed E-state index contributed by atoms with van der Waals surface area (Å²) >= 11 is 0. The smallest absolute Gasteiger partial charge is 0.254 e. The molecule has 0 saturated heterocycles. The minimum absolute atomic E-state index is 0.0111. The first-order chi connectivity index (χ1) is 15.7. The maximum atomic E-state index is 13.5. The van der Waals surface area contributed by atoms with Gasteiger partial charge in [0.2, 0.25) is 5.91 Å². The number of rotatable bonds is 6. The van der Waals surface area contributed by atoms with E-state index in [1.807, 2.05) is 78.9 Å². The number of carbonyl (C=O) groups is 2. The molecule has 1 aliphatic heterocycles. The van der Waals surface area contributed by atoms with Crippen LogP contribution in [0.25, 0.3) is 11.1 Å². The van der Waals surface area contributed by atoms with Crippen LogP contribution in [0.15, 0.2) is 91.4 Å². The number of aromatic amines is 1.